The predicted octanol–water partition coefficient (Wildman–Crippen LogP) is 2.95. The normalized spacial score (nSPS) is 16.6. The molecule has 10 nitrogen and oxygen atoms in total. The highest BCUT2D eigenvalue weighted by Gasteiger charge is 2.47. The van der Waals surface area contributed by atoms with Gasteiger partial charge in [0, 0.05) is 17.4 Å². The minimum Gasteiger partial charge on any atom is -0.415 e. The van der Waals surface area contributed by atoms with Gasteiger partial charge in [-0.15, -0.1) is 15.3 Å². The number of anilines is 1. The number of nitrogens with zero attached hydrogens (tertiary/aromatic N) is 6. The third kappa shape index (κ3) is 3.75. The summed E-state index contributed by atoms with van der Waals surface area (Å²) in [4.78, 5) is 17.1. The van der Waals surface area contributed by atoms with Gasteiger partial charge in [0.2, 0.25) is 11.8 Å². The molecule has 0 radical (unpaired) electrons. The first-order valence-corrected chi connectivity index (χ1v) is 11.2. The van der Waals surface area contributed by atoms with E-state index in [-0.39, 0.29) is 11.8 Å². The van der Waals surface area contributed by atoms with Crippen molar-refractivity contribution in [3.8, 4) is 22.7 Å². The van der Waals surface area contributed by atoms with Crippen LogP contribution < -0.4 is 10.6 Å². The van der Waals surface area contributed by atoms with Crippen LogP contribution in [-0.2, 0) is 16.8 Å². The lowest BCUT2D eigenvalue weighted by Gasteiger charge is -2.32. The number of hydrogen-bond donors (Lipinski definition) is 2. The molecule has 1 aromatic carbocycles. The molecule has 2 N–H and O–H groups in total. The topological polar surface area (TPSA) is 124 Å². The van der Waals surface area contributed by atoms with Crippen LogP contribution in [0.5, 0.6) is 0 Å². The number of carbonyl (C=O) groups is 1. The van der Waals surface area contributed by atoms with Crippen molar-refractivity contribution in [3.63, 3.8) is 0 Å². The molecule has 4 aromatic rings. The number of fused-ring (bicyclic) bond motifs is 2. The maximum atomic E-state index is 12.8. The molecule has 35 heavy (non-hydrogen) atoms. The van der Waals surface area contributed by atoms with Crippen LogP contribution >= 0.6 is 0 Å². The molecule has 1 amide bonds. The molecule has 0 saturated carbocycles. The van der Waals surface area contributed by atoms with Gasteiger partial charge < -0.3 is 15.1 Å². The first-order chi connectivity index (χ1) is 17.0. The van der Waals surface area contributed by atoms with Crippen molar-refractivity contribution >= 4 is 11.6 Å². The molecular weight excluding hydrogens is 458 g/mol. The Bertz CT molecular complexity index is 1390. The van der Waals surface area contributed by atoms with Crippen molar-refractivity contribution in [2.45, 2.75) is 31.2 Å². The zero-order valence-electron chi connectivity index (χ0n) is 18.4. The Balaban J connectivity index is 1.20. The number of carbonyl (C=O) groups excluding carboxylic acids is 1. The third-order valence-electron chi connectivity index (χ3n) is 6.53. The Labute approximate surface area is 197 Å². The van der Waals surface area contributed by atoms with Crippen molar-refractivity contribution in [1.29, 1.82) is 0 Å². The van der Waals surface area contributed by atoms with Gasteiger partial charge >= 0.3 is 6.43 Å². The lowest BCUT2D eigenvalue weighted by atomic mass is 9.74. The number of hydrogen-bond acceptors (Lipinski definition) is 8. The zero-order valence-corrected chi connectivity index (χ0v) is 18.4. The van der Waals surface area contributed by atoms with Crippen LogP contribution in [0, 0.1) is 0 Å². The molecule has 1 fully saturated rings. The summed E-state index contributed by atoms with van der Waals surface area (Å²) in [5.41, 5.74) is 4.10. The van der Waals surface area contributed by atoms with E-state index >= 15 is 0 Å². The van der Waals surface area contributed by atoms with E-state index in [0.29, 0.717) is 23.5 Å². The number of alkyl halides is 2. The van der Waals surface area contributed by atoms with Crippen LogP contribution in [0.3, 0.4) is 0 Å². The Hall–Kier alpha value is -4.06. The van der Waals surface area contributed by atoms with Crippen LogP contribution in [0.1, 0.15) is 36.4 Å². The highest BCUT2D eigenvalue weighted by atomic mass is 19.3. The number of amides is 1. The number of aromatic nitrogens is 6. The van der Waals surface area contributed by atoms with Gasteiger partial charge in [-0.3, -0.25) is 9.78 Å². The highest BCUT2D eigenvalue weighted by molar-refractivity contribution is 6.06. The van der Waals surface area contributed by atoms with E-state index in [4.69, 9.17) is 4.42 Å². The van der Waals surface area contributed by atoms with E-state index in [1.54, 1.807) is 16.8 Å². The van der Waals surface area contributed by atoms with Gasteiger partial charge in [-0.2, -0.15) is 8.78 Å². The van der Waals surface area contributed by atoms with Crippen LogP contribution in [0.15, 0.2) is 47.1 Å². The molecule has 3 aromatic heterocycles. The monoisotopic (exact) mass is 478 g/mol. The number of benzene rings is 1. The Morgan fingerprint density at radius 3 is 2.66 bits per heavy atom. The molecule has 0 bridgehead atoms. The predicted molar refractivity (Wildman–Crippen MR) is 119 cm³/mol. The number of pyridine rings is 1. The molecule has 6 rings (SSSR count). The van der Waals surface area contributed by atoms with E-state index in [1.807, 2.05) is 24.4 Å². The van der Waals surface area contributed by atoms with Crippen molar-refractivity contribution in [3.05, 3.63) is 59.9 Å². The van der Waals surface area contributed by atoms with E-state index in [1.165, 1.54) is 6.20 Å². The fourth-order valence-electron chi connectivity index (χ4n) is 4.68. The lowest BCUT2D eigenvalue weighted by molar-refractivity contribution is -0.121. The van der Waals surface area contributed by atoms with Crippen LogP contribution in [-0.4, -0.2) is 49.2 Å². The molecule has 178 valence electrons. The molecule has 0 unspecified atom stereocenters. The summed E-state index contributed by atoms with van der Waals surface area (Å²) in [6.07, 6.45) is 2.01. The van der Waals surface area contributed by atoms with E-state index in [2.05, 4.69) is 36.1 Å². The largest absolute Gasteiger partial charge is 0.415 e. The summed E-state index contributed by atoms with van der Waals surface area (Å²) in [6.45, 7) is 1.97. The highest BCUT2D eigenvalue weighted by Crippen LogP contribution is 2.45. The fraction of sp³-hybridized carbons (Fsp3) is 0.304. The zero-order chi connectivity index (χ0) is 24.0. The third-order valence-corrected chi connectivity index (χ3v) is 6.53. The molecule has 0 aliphatic carbocycles. The standard InChI is InChI=1S/C23H20F2N8O2/c24-19(25)21-31-30-20(35-21)14-1-3-15(27-10-14)11-33-12-18(29-32-33)13-2-4-17-16(9-13)23(22(34)28-17)5-7-26-8-6-23/h1-4,9-10,12,19,26H,5-8,11H2,(H,28,34). The summed E-state index contributed by atoms with van der Waals surface area (Å²) in [5.74, 6) is -0.675. The van der Waals surface area contributed by atoms with Gasteiger partial charge in [0.15, 0.2) is 0 Å². The number of nitrogens with one attached hydrogen (secondary N) is 2. The minimum absolute atomic E-state index is 0.0153. The quantitative estimate of drug-likeness (QED) is 0.449. The van der Waals surface area contributed by atoms with Gasteiger partial charge in [0.25, 0.3) is 5.89 Å². The summed E-state index contributed by atoms with van der Waals surface area (Å²) in [7, 11) is 0. The minimum atomic E-state index is -2.82. The van der Waals surface area contributed by atoms with Gasteiger partial charge in [-0.05, 0) is 55.8 Å². The average Bonchev–Trinajstić information content (AvgIpc) is 3.60. The summed E-state index contributed by atoms with van der Waals surface area (Å²) >= 11 is 0. The van der Waals surface area contributed by atoms with Crippen LogP contribution in [0.25, 0.3) is 22.7 Å². The van der Waals surface area contributed by atoms with Crippen LogP contribution in [0.4, 0.5) is 14.5 Å². The second-order valence-corrected chi connectivity index (χ2v) is 8.63. The van der Waals surface area contributed by atoms with Gasteiger partial charge in [0.1, 0.15) is 5.69 Å². The summed E-state index contributed by atoms with van der Waals surface area (Å²) in [6, 6.07) is 9.30. The maximum absolute atomic E-state index is 12.8. The Morgan fingerprint density at radius 1 is 1.09 bits per heavy atom. The average molecular weight is 478 g/mol. The number of piperidine rings is 1. The lowest BCUT2D eigenvalue weighted by Crippen LogP contribution is -2.44. The molecular formula is C23H20F2N8O2. The Kier molecular flexibility index (Phi) is 5.10. The van der Waals surface area contributed by atoms with Crippen LogP contribution in [0.2, 0.25) is 0 Å². The van der Waals surface area contributed by atoms with Crippen molar-refractivity contribution in [1.82, 2.24) is 35.5 Å². The smallest absolute Gasteiger partial charge is 0.314 e. The van der Waals surface area contributed by atoms with Gasteiger partial charge in [0.05, 0.1) is 29.4 Å². The molecule has 0 atom stereocenters. The number of halogens is 2. The molecule has 1 spiro atoms. The van der Waals surface area contributed by atoms with Crippen molar-refractivity contribution < 1.29 is 18.0 Å². The molecule has 2 aliphatic rings. The van der Waals surface area contributed by atoms with Crippen molar-refractivity contribution in [2.24, 2.45) is 0 Å². The molecule has 12 heteroatoms. The molecule has 5 heterocycles. The van der Waals surface area contributed by atoms with Crippen molar-refractivity contribution in [2.75, 3.05) is 18.4 Å². The van der Waals surface area contributed by atoms with E-state index < -0.39 is 17.7 Å². The maximum Gasteiger partial charge on any atom is 0.314 e. The fourth-order valence-corrected chi connectivity index (χ4v) is 4.68. The SMILES string of the molecule is O=C1Nc2ccc(-c3cn(Cc4ccc(-c5nnc(C(F)F)o5)cn4)nn3)cc2C12CCNCC2. The molecule has 2 aliphatic heterocycles. The summed E-state index contributed by atoms with van der Waals surface area (Å²) < 4.78 is 31.9. The van der Waals surface area contributed by atoms with Gasteiger partial charge in [-0.25, -0.2) is 4.68 Å². The Morgan fingerprint density at radius 2 is 1.91 bits per heavy atom. The molecule has 1 saturated heterocycles. The first-order valence-electron chi connectivity index (χ1n) is 11.2. The second-order valence-electron chi connectivity index (χ2n) is 8.63. The van der Waals surface area contributed by atoms with E-state index in [9.17, 15) is 13.6 Å². The first kappa shape index (κ1) is 21.5. The summed E-state index contributed by atoms with van der Waals surface area (Å²) in [5, 5.41) is 21.8. The number of rotatable bonds is 5. The van der Waals surface area contributed by atoms with Gasteiger partial charge in [-0.1, -0.05) is 11.3 Å². The van der Waals surface area contributed by atoms with E-state index in [0.717, 1.165) is 42.7 Å². The second kappa shape index (κ2) is 8.31.